The van der Waals surface area contributed by atoms with Gasteiger partial charge in [0.2, 0.25) is 0 Å². The van der Waals surface area contributed by atoms with Gasteiger partial charge in [0.05, 0.1) is 37.8 Å². The molecule has 15 heavy (non-hydrogen) atoms. The monoisotopic (exact) mass is 210 g/mol. The van der Waals surface area contributed by atoms with Crippen molar-refractivity contribution < 1.29 is 9.84 Å². The third-order valence-electron chi connectivity index (χ3n) is 3.56. The van der Waals surface area contributed by atoms with Crippen molar-refractivity contribution >= 4 is 0 Å². The first-order valence-electron chi connectivity index (χ1n) is 5.70. The summed E-state index contributed by atoms with van der Waals surface area (Å²) in [5.41, 5.74) is 0. The summed E-state index contributed by atoms with van der Waals surface area (Å²) in [5, 5.41) is 18.3. The Hall–Kier alpha value is -0.630. The maximum absolute atomic E-state index is 9.28. The molecule has 3 atom stereocenters. The Kier molecular flexibility index (Phi) is 3.57. The molecule has 2 rings (SSSR count). The number of morpholine rings is 1. The summed E-state index contributed by atoms with van der Waals surface area (Å²) >= 11 is 0. The van der Waals surface area contributed by atoms with E-state index in [1.807, 2.05) is 0 Å². The Morgan fingerprint density at radius 1 is 1.47 bits per heavy atom. The van der Waals surface area contributed by atoms with Crippen LogP contribution in [-0.4, -0.2) is 48.5 Å². The Balaban J connectivity index is 2.04. The Morgan fingerprint density at radius 2 is 2.33 bits per heavy atom. The van der Waals surface area contributed by atoms with Gasteiger partial charge >= 0.3 is 0 Å². The molecule has 1 saturated heterocycles. The summed E-state index contributed by atoms with van der Waals surface area (Å²) in [7, 11) is 0. The van der Waals surface area contributed by atoms with Gasteiger partial charge in [0.15, 0.2) is 0 Å². The van der Waals surface area contributed by atoms with Gasteiger partial charge < -0.3 is 9.84 Å². The van der Waals surface area contributed by atoms with Crippen LogP contribution in [0.2, 0.25) is 0 Å². The summed E-state index contributed by atoms with van der Waals surface area (Å²) in [6.45, 7) is 2.32. The van der Waals surface area contributed by atoms with E-state index in [2.05, 4.69) is 11.0 Å². The number of nitriles is 1. The molecule has 1 saturated carbocycles. The largest absolute Gasteiger partial charge is 0.395 e. The topological polar surface area (TPSA) is 56.5 Å². The fourth-order valence-electron chi connectivity index (χ4n) is 2.75. The molecule has 0 aromatic carbocycles. The fourth-order valence-corrected chi connectivity index (χ4v) is 2.75. The van der Waals surface area contributed by atoms with Crippen molar-refractivity contribution in [3.8, 4) is 6.07 Å². The van der Waals surface area contributed by atoms with E-state index in [-0.39, 0.29) is 18.6 Å². The average molecular weight is 210 g/mol. The quantitative estimate of drug-likeness (QED) is 0.715. The number of aliphatic hydroxyl groups is 1. The van der Waals surface area contributed by atoms with Crippen molar-refractivity contribution in [1.82, 2.24) is 4.90 Å². The minimum Gasteiger partial charge on any atom is -0.395 e. The highest BCUT2D eigenvalue weighted by molar-refractivity contribution is 4.99. The molecule has 3 unspecified atom stereocenters. The van der Waals surface area contributed by atoms with Gasteiger partial charge in [-0.15, -0.1) is 0 Å². The van der Waals surface area contributed by atoms with Crippen molar-refractivity contribution in [2.45, 2.75) is 31.3 Å². The lowest BCUT2D eigenvalue weighted by Crippen LogP contribution is -2.53. The van der Waals surface area contributed by atoms with Crippen LogP contribution in [0.25, 0.3) is 0 Å². The third-order valence-corrected chi connectivity index (χ3v) is 3.56. The van der Waals surface area contributed by atoms with Crippen LogP contribution in [0.15, 0.2) is 0 Å². The molecule has 2 aliphatic rings. The number of nitrogens with zero attached hydrogens (tertiary/aromatic N) is 2. The van der Waals surface area contributed by atoms with E-state index in [4.69, 9.17) is 10.00 Å². The standard InChI is InChI=1S/C11H18N2O2/c12-6-9-2-1-3-11(9)13-4-5-15-8-10(13)7-14/h9-11,14H,1-5,7-8H2. The van der Waals surface area contributed by atoms with E-state index in [9.17, 15) is 5.11 Å². The van der Waals surface area contributed by atoms with Crippen LogP contribution in [0.1, 0.15) is 19.3 Å². The SMILES string of the molecule is N#CC1CCCC1N1CCOCC1CO. The maximum Gasteiger partial charge on any atom is 0.0672 e. The zero-order chi connectivity index (χ0) is 10.7. The van der Waals surface area contributed by atoms with Crippen LogP contribution in [0.3, 0.4) is 0 Å². The number of rotatable bonds is 2. The van der Waals surface area contributed by atoms with E-state index in [0.717, 1.165) is 32.4 Å². The van der Waals surface area contributed by atoms with Crippen molar-refractivity contribution in [2.75, 3.05) is 26.4 Å². The predicted octanol–water partition coefficient (Wildman–Crippen LogP) is 0.372. The second-order valence-electron chi connectivity index (χ2n) is 4.38. The number of ether oxygens (including phenoxy) is 1. The van der Waals surface area contributed by atoms with E-state index in [1.54, 1.807) is 0 Å². The summed E-state index contributed by atoms with van der Waals surface area (Å²) in [6, 6.07) is 2.83. The van der Waals surface area contributed by atoms with Gasteiger partial charge in [-0.2, -0.15) is 5.26 Å². The molecule has 84 valence electrons. The first-order valence-corrected chi connectivity index (χ1v) is 5.70. The van der Waals surface area contributed by atoms with Gasteiger partial charge in [-0.3, -0.25) is 4.90 Å². The molecule has 0 spiro atoms. The Labute approximate surface area is 90.4 Å². The molecule has 0 aromatic heterocycles. The summed E-state index contributed by atoms with van der Waals surface area (Å²) in [5.74, 6) is 0.150. The van der Waals surface area contributed by atoms with Crippen LogP contribution < -0.4 is 0 Å². The van der Waals surface area contributed by atoms with Gasteiger partial charge in [-0.1, -0.05) is 6.42 Å². The zero-order valence-electron chi connectivity index (χ0n) is 8.93. The summed E-state index contributed by atoms with van der Waals surface area (Å²) < 4.78 is 5.35. The van der Waals surface area contributed by atoms with E-state index >= 15 is 0 Å². The smallest absolute Gasteiger partial charge is 0.0672 e. The Bertz CT molecular complexity index is 251. The molecule has 2 fully saturated rings. The normalized spacial score (nSPS) is 37.7. The third kappa shape index (κ3) is 2.15. The van der Waals surface area contributed by atoms with Crippen molar-refractivity contribution in [1.29, 1.82) is 5.26 Å². The molecule has 1 N–H and O–H groups in total. The molecule has 4 heteroatoms. The van der Waals surface area contributed by atoms with E-state index in [1.165, 1.54) is 0 Å². The second-order valence-corrected chi connectivity index (χ2v) is 4.38. The molecular formula is C11H18N2O2. The highest BCUT2D eigenvalue weighted by Crippen LogP contribution is 2.31. The van der Waals surface area contributed by atoms with Crippen LogP contribution >= 0.6 is 0 Å². The van der Waals surface area contributed by atoms with Crippen LogP contribution in [0.4, 0.5) is 0 Å². The molecule has 1 aliphatic carbocycles. The van der Waals surface area contributed by atoms with Gasteiger partial charge in [-0.25, -0.2) is 0 Å². The van der Waals surface area contributed by atoms with Crippen LogP contribution in [0, 0.1) is 17.2 Å². The number of hydrogen-bond donors (Lipinski definition) is 1. The second kappa shape index (κ2) is 4.93. The zero-order valence-corrected chi connectivity index (χ0v) is 8.93. The molecular weight excluding hydrogens is 192 g/mol. The first kappa shape index (κ1) is 10.9. The van der Waals surface area contributed by atoms with Crippen LogP contribution in [-0.2, 0) is 4.74 Å². The van der Waals surface area contributed by atoms with E-state index < -0.39 is 0 Å². The highest BCUT2D eigenvalue weighted by atomic mass is 16.5. The van der Waals surface area contributed by atoms with Gasteiger partial charge in [-0.05, 0) is 12.8 Å². The lowest BCUT2D eigenvalue weighted by Gasteiger charge is -2.39. The van der Waals surface area contributed by atoms with Gasteiger partial charge in [0.25, 0.3) is 0 Å². The van der Waals surface area contributed by atoms with Gasteiger partial charge in [0, 0.05) is 12.6 Å². The van der Waals surface area contributed by atoms with Crippen molar-refractivity contribution in [3.05, 3.63) is 0 Å². The maximum atomic E-state index is 9.28. The summed E-state index contributed by atoms with van der Waals surface area (Å²) in [4.78, 5) is 2.28. The van der Waals surface area contributed by atoms with Crippen molar-refractivity contribution in [3.63, 3.8) is 0 Å². The first-order chi connectivity index (χ1) is 7.36. The highest BCUT2D eigenvalue weighted by Gasteiger charge is 2.36. The van der Waals surface area contributed by atoms with Crippen LogP contribution in [0.5, 0.6) is 0 Å². The molecule has 1 aliphatic heterocycles. The number of hydrogen-bond acceptors (Lipinski definition) is 4. The lowest BCUT2D eigenvalue weighted by atomic mass is 10.0. The molecule has 4 nitrogen and oxygen atoms in total. The minimum atomic E-state index is 0.0951. The molecule has 0 aromatic rings. The van der Waals surface area contributed by atoms with E-state index in [0.29, 0.717) is 12.6 Å². The molecule has 1 heterocycles. The Morgan fingerprint density at radius 3 is 3.07 bits per heavy atom. The van der Waals surface area contributed by atoms with Gasteiger partial charge in [0.1, 0.15) is 0 Å². The lowest BCUT2D eigenvalue weighted by molar-refractivity contribution is -0.0503. The minimum absolute atomic E-state index is 0.0951. The molecule has 0 radical (unpaired) electrons. The average Bonchev–Trinajstić information content (AvgIpc) is 2.76. The molecule has 0 bridgehead atoms. The van der Waals surface area contributed by atoms with Crippen molar-refractivity contribution in [2.24, 2.45) is 5.92 Å². The molecule has 0 amide bonds. The summed E-state index contributed by atoms with van der Waals surface area (Å²) in [6.07, 6.45) is 3.24. The number of aliphatic hydroxyl groups excluding tert-OH is 1. The fraction of sp³-hybridized carbons (Fsp3) is 0.909. The predicted molar refractivity (Wildman–Crippen MR) is 55.1 cm³/mol.